The number of rotatable bonds is 4. The zero-order valence-electron chi connectivity index (χ0n) is 12.6. The van der Waals surface area contributed by atoms with Gasteiger partial charge in [0.05, 0.1) is 17.3 Å². The number of thiophene rings is 1. The number of benzene rings is 1. The van der Waals surface area contributed by atoms with Gasteiger partial charge in [-0.25, -0.2) is 0 Å². The first kappa shape index (κ1) is 16.7. The second kappa shape index (κ2) is 6.59. The standard InChI is InChI=1S/C16H19BrClNOS/c1-16(2,3)14-6-5-11(21-14)9-19-13-8-10(18)7-12(17)15(13)20-4/h5-8,19H,9H2,1-4H3. The second-order valence-corrected chi connectivity index (χ2v) is 8.30. The molecule has 1 aromatic heterocycles. The molecule has 5 heteroatoms. The van der Waals surface area contributed by atoms with E-state index in [9.17, 15) is 0 Å². The monoisotopic (exact) mass is 387 g/mol. The number of methoxy groups -OCH3 is 1. The largest absolute Gasteiger partial charge is 0.493 e. The SMILES string of the molecule is COc1c(Br)cc(Cl)cc1NCc1ccc(C(C)(C)C)s1. The first-order chi connectivity index (χ1) is 9.81. The predicted octanol–water partition coefficient (Wildman–Crippen LogP) is 6.08. The molecule has 0 spiro atoms. The summed E-state index contributed by atoms with van der Waals surface area (Å²) in [6.45, 7) is 7.44. The minimum Gasteiger partial charge on any atom is -0.493 e. The van der Waals surface area contributed by atoms with E-state index in [0.717, 1.165) is 22.5 Å². The molecule has 0 aliphatic heterocycles. The lowest BCUT2D eigenvalue weighted by Gasteiger charge is -2.15. The highest BCUT2D eigenvalue weighted by atomic mass is 79.9. The first-order valence-corrected chi connectivity index (χ1v) is 8.66. The van der Waals surface area contributed by atoms with Crippen LogP contribution in [-0.2, 0) is 12.0 Å². The molecular weight excluding hydrogens is 370 g/mol. The lowest BCUT2D eigenvalue weighted by atomic mass is 9.95. The van der Waals surface area contributed by atoms with E-state index in [0.29, 0.717) is 5.02 Å². The van der Waals surface area contributed by atoms with Crippen molar-refractivity contribution in [3.63, 3.8) is 0 Å². The number of hydrogen-bond donors (Lipinski definition) is 1. The van der Waals surface area contributed by atoms with Crippen LogP contribution in [0, 0.1) is 0 Å². The van der Waals surface area contributed by atoms with Crippen LogP contribution in [-0.4, -0.2) is 7.11 Å². The molecule has 0 radical (unpaired) electrons. The molecular formula is C16H19BrClNOS. The topological polar surface area (TPSA) is 21.3 Å². The van der Waals surface area contributed by atoms with Gasteiger partial charge >= 0.3 is 0 Å². The molecule has 2 nitrogen and oxygen atoms in total. The molecule has 2 rings (SSSR count). The third-order valence-electron chi connectivity index (χ3n) is 3.07. The van der Waals surface area contributed by atoms with Gasteiger partial charge in [-0.1, -0.05) is 32.4 Å². The molecule has 114 valence electrons. The van der Waals surface area contributed by atoms with E-state index < -0.39 is 0 Å². The van der Waals surface area contributed by atoms with Crippen molar-refractivity contribution in [2.45, 2.75) is 32.7 Å². The molecule has 0 aliphatic carbocycles. The first-order valence-electron chi connectivity index (χ1n) is 6.67. The fraction of sp³-hybridized carbons (Fsp3) is 0.375. The molecule has 0 unspecified atom stereocenters. The smallest absolute Gasteiger partial charge is 0.156 e. The van der Waals surface area contributed by atoms with Gasteiger partial charge in [-0.2, -0.15) is 0 Å². The summed E-state index contributed by atoms with van der Waals surface area (Å²) < 4.78 is 6.26. The molecule has 0 bridgehead atoms. The highest BCUT2D eigenvalue weighted by Crippen LogP contribution is 2.37. The van der Waals surface area contributed by atoms with E-state index in [-0.39, 0.29) is 5.41 Å². The summed E-state index contributed by atoms with van der Waals surface area (Å²) >= 11 is 11.4. The Balaban J connectivity index is 2.15. The van der Waals surface area contributed by atoms with E-state index in [4.69, 9.17) is 16.3 Å². The Kier molecular flexibility index (Phi) is 5.23. The molecule has 0 saturated heterocycles. The van der Waals surface area contributed by atoms with Crippen LogP contribution in [0.15, 0.2) is 28.7 Å². The summed E-state index contributed by atoms with van der Waals surface area (Å²) in [4.78, 5) is 2.68. The van der Waals surface area contributed by atoms with Crippen LogP contribution in [0.2, 0.25) is 5.02 Å². The van der Waals surface area contributed by atoms with E-state index in [1.807, 2.05) is 23.5 Å². The fourth-order valence-corrected chi connectivity index (χ4v) is 3.93. The predicted molar refractivity (Wildman–Crippen MR) is 96.0 cm³/mol. The Hall–Kier alpha value is -0.710. The summed E-state index contributed by atoms with van der Waals surface area (Å²) in [6, 6.07) is 8.08. The van der Waals surface area contributed by atoms with Crippen molar-refractivity contribution < 1.29 is 4.74 Å². The Morgan fingerprint density at radius 1 is 1.29 bits per heavy atom. The maximum atomic E-state index is 6.10. The highest BCUT2D eigenvalue weighted by Gasteiger charge is 2.16. The van der Waals surface area contributed by atoms with Gasteiger partial charge < -0.3 is 10.1 Å². The minimum atomic E-state index is 0.194. The lowest BCUT2D eigenvalue weighted by Crippen LogP contribution is -2.07. The molecule has 1 aromatic carbocycles. The number of halogens is 2. The summed E-state index contributed by atoms with van der Waals surface area (Å²) in [5, 5.41) is 4.07. The molecule has 0 amide bonds. The Morgan fingerprint density at radius 2 is 2.00 bits per heavy atom. The summed E-state index contributed by atoms with van der Waals surface area (Å²) in [7, 11) is 1.65. The zero-order valence-corrected chi connectivity index (χ0v) is 15.7. The van der Waals surface area contributed by atoms with E-state index in [2.05, 4.69) is 54.2 Å². The van der Waals surface area contributed by atoms with Crippen LogP contribution in [0.3, 0.4) is 0 Å². The van der Waals surface area contributed by atoms with Crippen molar-refractivity contribution in [1.82, 2.24) is 0 Å². The molecule has 0 saturated carbocycles. The number of nitrogens with one attached hydrogen (secondary N) is 1. The van der Waals surface area contributed by atoms with Crippen molar-refractivity contribution in [1.29, 1.82) is 0 Å². The fourth-order valence-electron chi connectivity index (χ4n) is 1.96. The zero-order chi connectivity index (χ0) is 15.6. The average Bonchev–Trinajstić information content (AvgIpc) is 2.84. The average molecular weight is 389 g/mol. The quantitative estimate of drug-likeness (QED) is 0.685. The summed E-state index contributed by atoms with van der Waals surface area (Å²) in [5.41, 5.74) is 1.09. The van der Waals surface area contributed by atoms with Crippen LogP contribution >= 0.6 is 38.9 Å². The van der Waals surface area contributed by atoms with Crippen molar-refractivity contribution in [2.75, 3.05) is 12.4 Å². The van der Waals surface area contributed by atoms with Gasteiger partial charge in [0, 0.05) is 21.3 Å². The Morgan fingerprint density at radius 3 is 2.57 bits per heavy atom. The second-order valence-electron chi connectivity index (χ2n) is 5.84. The maximum absolute atomic E-state index is 6.10. The van der Waals surface area contributed by atoms with Crippen LogP contribution in [0.4, 0.5) is 5.69 Å². The van der Waals surface area contributed by atoms with Gasteiger partial charge in [-0.15, -0.1) is 11.3 Å². The lowest BCUT2D eigenvalue weighted by molar-refractivity contribution is 0.414. The normalized spacial score (nSPS) is 11.5. The van der Waals surface area contributed by atoms with Crippen LogP contribution in [0.25, 0.3) is 0 Å². The number of ether oxygens (including phenoxy) is 1. The highest BCUT2D eigenvalue weighted by molar-refractivity contribution is 9.10. The van der Waals surface area contributed by atoms with E-state index >= 15 is 0 Å². The molecule has 1 N–H and O–H groups in total. The van der Waals surface area contributed by atoms with Gasteiger partial charge in [0.15, 0.2) is 5.75 Å². The van der Waals surface area contributed by atoms with Crippen LogP contribution < -0.4 is 10.1 Å². The summed E-state index contributed by atoms with van der Waals surface area (Å²) in [5.74, 6) is 0.770. The third kappa shape index (κ3) is 4.15. The molecule has 0 aliphatic rings. The maximum Gasteiger partial charge on any atom is 0.156 e. The van der Waals surface area contributed by atoms with E-state index in [1.54, 1.807) is 7.11 Å². The molecule has 2 aromatic rings. The van der Waals surface area contributed by atoms with Crippen molar-refractivity contribution >= 4 is 44.6 Å². The molecule has 0 atom stereocenters. The summed E-state index contributed by atoms with van der Waals surface area (Å²) in [6.07, 6.45) is 0. The van der Waals surface area contributed by atoms with Crippen molar-refractivity contribution in [3.8, 4) is 5.75 Å². The van der Waals surface area contributed by atoms with Gasteiger partial charge in [0.1, 0.15) is 0 Å². The van der Waals surface area contributed by atoms with Crippen LogP contribution in [0.5, 0.6) is 5.75 Å². The third-order valence-corrected chi connectivity index (χ3v) is 5.38. The van der Waals surface area contributed by atoms with Crippen molar-refractivity contribution in [3.05, 3.63) is 43.5 Å². The Labute approximate surface area is 143 Å². The Bertz CT molecular complexity index is 634. The minimum absolute atomic E-state index is 0.194. The van der Waals surface area contributed by atoms with Crippen molar-refractivity contribution in [2.24, 2.45) is 0 Å². The van der Waals surface area contributed by atoms with Gasteiger partial charge in [-0.05, 0) is 45.6 Å². The van der Waals surface area contributed by atoms with E-state index in [1.165, 1.54) is 9.75 Å². The van der Waals surface area contributed by atoms with Gasteiger partial charge in [0.2, 0.25) is 0 Å². The molecule has 1 heterocycles. The molecule has 0 fully saturated rings. The van der Waals surface area contributed by atoms with Crippen LogP contribution in [0.1, 0.15) is 30.5 Å². The van der Waals surface area contributed by atoms with Gasteiger partial charge in [0.25, 0.3) is 0 Å². The number of hydrogen-bond acceptors (Lipinski definition) is 3. The molecule has 21 heavy (non-hydrogen) atoms. The number of anilines is 1. The van der Waals surface area contributed by atoms with Gasteiger partial charge in [-0.3, -0.25) is 0 Å².